The smallest absolute Gasteiger partial charge is 0.181 e. The number of nitriles is 1. The van der Waals surface area contributed by atoms with Crippen molar-refractivity contribution in [2.24, 2.45) is 0 Å². The van der Waals surface area contributed by atoms with Crippen LogP contribution >= 0.6 is 51.0 Å². The van der Waals surface area contributed by atoms with Gasteiger partial charge in [0, 0.05) is 12.1 Å². The SMILES string of the molecule is C[C@@H]1COCCN1c1cc(C2(C#N)CCCCC2)c2c(I)nc(-c3ccnn3PI)n2n1. The summed E-state index contributed by atoms with van der Waals surface area (Å²) in [6.07, 6.45) is 7.37. The van der Waals surface area contributed by atoms with Crippen LogP contribution in [0.2, 0.25) is 0 Å². The first-order chi connectivity index (χ1) is 15.6. The number of morpholine rings is 1. The Morgan fingerprint density at radius 2 is 2.12 bits per heavy atom. The predicted molar refractivity (Wildman–Crippen MR) is 143 cm³/mol. The van der Waals surface area contributed by atoms with E-state index in [1.165, 1.54) is 6.42 Å². The van der Waals surface area contributed by atoms with E-state index in [1.54, 1.807) is 0 Å². The van der Waals surface area contributed by atoms with Crippen LogP contribution in [0.5, 0.6) is 0 Å². The molecule has 32 heavy (non-hydrogen) atoms. The van der Waals surface area contributed by atoms with E-state index in [-0.39, 0.29) is 6.04 Å². The van der Waals surface area contributed by atoms with E-state index in [0.29, 0.717) is 19.6 Å². The molecular formula is C21H24I2N7OP. The summed E-state index contributed by atoms with van der Waals surface area (Å²) >= 11 is 4.63. The molecule has 1 aliphatic heterocycles. The van der Waals surface area contributed by atoms with Crippen molar-refractivity contribution in [1.82, 2.24) is 24.1 Å². The standard InChI is InChI=1S/C21H24I2N7OP/c1-14-12-31-10-9-28(14)17-11-15(21(13-24)6-3-2-4-7-21)18-19(22)26-20(29(18)27-17)16-5-8-25-30(16)32-23/h5,8,11,14,32H,2-4,6-7,9-10,12H2,1H3/t14-/m1/s1. The van der Waals surface area contributed by atoms with Crippen LogP contribution < -0.4 is 4.90 Å². The number of aromatic nitrogens is 5. The first-order valence-electron chi connectivity index (χ1n) is 10.8. The fourth-order valence-electron chi connectivity index (χ4n) is 4.91. The highest BCUT2D eigenvalue weighted by Crippen LogP contribution is 2.43. The van der Waals surface area contributed by atoms with Crippen LogP contribution in [0.1, 0.15) is 44.6 Å². The second-order valence-corrected chi connectivity index (χ2v) is 11.5. The number of ether oxygens (including phenoxy) is 1. The minimum Gasteiger partial charge on any atom is -0.377 e. The number of imidazole rings is 1. The van der Waals surface area contributed by atoms with Crippen LogP contribution in [0.3, 0.4) is 0 Å². The highest BCUT2D eigenvalue weighted by Gasteiger charge is 2.38. The summed E-state index contributed by atoms with van der Waals surface area (Å²) < 4.78 is 10.5. The molecule has 3 aromatic rings. The largest absolute Gasteiger partial charge is 0.377 e. The van der Waals surface area contributed by atoms with E-state index < -0.39 is 5.41 Å². The lowest BCUT2D eigenvalue weighted by Gasteiger charge is -2.36. The molecule has 168 valence electrons. The van der Waals surface area contributed by atoms with Gasteiger partial charge in [-0.1, -0.05) is 19.3 Å². The Bertz CT molecular complexity index is 1180. The van der Waals surface area contributed by atoms with Crippen molar-refractivity contribution < 1.29 is 4.74 Å². The highest BCUT2D eigenvalue weighted by atomic mass is 127. The molecule has 2 fully saturated rings. The van der Waals surface area contributed by atoms with Crippen LogP contribution in [-0.2, 0) is 10.2 Å². The fourth-order valence-corrected chi connectivity index (χ4v) is 7.19. The molecule has 4 heterocycles. The minimum absolute atomic E-state index is 0.221. The number of nitrogens with zero attached hydrogens (tertiary/aromatic N) is 7. The van der Waals surface area contributed by atoms with Crippen LogP contribution in [-0.4, -0.2) is 49.9 Å². The lowest BCUT2D eigenvalue weighted by molar-refractivity contribution is 0.0984. The molecule has 3 aromatic heterocycles. The van der Waals surface area contributed by atoms with Crippen LogP contribution in [0, 0.1) is 15.0 Å². The van der Waals surface area contributed by atoms with Crippen molar-refractivity contribution in [3.05, 3.63) is 27.6 Å². The summed E-state index contributed by atoms with van der Waals surface area (Å²) in [6, 6.07) is 7.10. The maximum atomic E-state index is 10.4. The predicted octanol–water partition coefficient (Wildman–Crippen LogP) is 4.94. The molecule has 0 bridgehead atoms. The van der Waals surface area contributed by atoms with Crippen LogP contribution in [0.4, 0.5) is 5.82 Å². The van der Waals surface area contributed by atoms with Gasteiger partial charge in [0.1, 0.15) is 20.7 Å². The van der Waals surface area contributed by atoms with Gasteiger partial charge >= 0.3 is 0 Å². The monoisotopic (exact) mass is 675 g/mol. The molecule has 2 aliphatic rings. The van der Waals surface area contributed by atoms with Gasteiger partial charge in [0.2, 0.25) is 0 Å². The molecule has 1 aliphatic carbocycles. The molecule has 0 amide bonds. The van der Waals surface area contributed by atoms with E-state index in [2.05, 4.69) is 73.7 Å². The number of halogens is 2. The van der Waals surface area contributed by atoms with E-state index in [1.807, 2.05) is 21.2 Å². The Balaban J connectivity index is 1.79. The van der Waals surface area contributed by atoms with Gasteiger partial charge in [0.05, 0.1) is 43.3 Å². The third-order valence-electron chi connectivity index (χ3n) is 6.59. The van der Waals surface area contributed by atoms with Gasteiger partial charge in [0.25, 0.3) is 0 Å². The van der Waals surface area contributed by atoms with Crippen molar-refractivity contribution >= 4 is 62.3 Å². The summed E-state index contributed by atoms with van der Waals surface area (Å²) in [5.41, 5.74) is 2.46. The van der Waals surface area contributed by atoms with Gasteiger partial charge in [0.15, 0.2) is 5.82 Å². The summed E-state index contributed by atoms with van der Waals surface area (Å²) in [4.78, 5) is 7.24. The van der Waals surface area contributed by atoms with Gasteiger partial charge in [-0.05, 0) is 76.5 Å². The van der Waals surface area contributed by atoms with Gasteiger partial charge < -0.3 is 9.64 Å². The molecule has 0 radical (unpaired) electrons. The van der Waals surface area contributed by atoms with Crippen molar-refractivity contribution in [3.8, 4) is 17.6 Å². The first-order valence-corrected chi connectivity index (χ1v) is 16.0. The van der Waals surface area contributed by atoms with Crippen LogP contribution in [0.25, 0.3) is 17.0 Å². The molecule has 2 atom stereocenters. The Hall–Kier alpha value is -1.03. The number of fused-ring (bicyclic) bond motifs is 1. The normalized spacial score (nSPS) is 21.4. The second kappa shape index (κ2) is 9.31. The third kappa shape index (κ3) is 3.83. The summed E-state index contributed by atoms with van der Waals surface area (Å²) in [5, 5.41) is 20.0. The summed E-state index contributed by atoms with van der Waals surface area (Å²) in [5.74, 6) is 1.67. The Labute approximate surface area is 215 Å². The lowest BCUT2D eigenvalue weighted by atomic mass is 9.70. The number of hydrogen-bond acceptors (Lipinski definition) is 6. The molecule has 8 nitrogen and oxygen atoms in total. The van der Waals surface area contributed by atoms with Crippen molar-refractivity contribution in [2.75, 3.05) is 24.7 Å². The van der Waals surface area contributed by atoms with Crippen LogP contribution in [0.15, 0.2) is 18.3 Å². The zero-order valence-electron chi connectivity index (χ0n) is 17.8. The maximum absolute atomic E-state index is 10.4. The van der Waals surface area contributed by atoms with Gasteiger partial charge in [-0.3, -0.25) is 0 Å². The van der Waals surface area contributed by atoms with Gasteiger partial charge in [-0.2, -0.15) is 10.4 Å². The van der Waals surface area contributed by atoms with E-state index in [0.717, 1.165) is 64.3 Å². The molecule has 1 unspecified atom stereocenters. The van der Waals surface area contributed by atoms with Crippen molar-refractivity contribution in [3.63, 3.8) is 0 Å². The average molecular weight is 675 g/mol. The maximum Gasteiger partial charge on any atom is 0.181 e. The molecule has 0 spiro atoms. The second-order valence-electron chi connectivity index (χ2n) is 8.49. The molecule has 1 saturated heterocycles. The van der Waals surface area contributed by atoms with Gasteiger partial charge in [-0.25, -0.2) is 14.0 Å². The van der Waals surface area contributed by atoms with Crippen molar-refractivity contribution in [2.45, 2.75) is 50.5 Å². The average Bonchev–Trinajstić information content (AvgIpc) is 3.43. The zero-order chi connectivity index (χ0) is 22.3. The quantitative estimate of drug-likeness (QED) is 0.288. The van der Waals surface area contributed by atoms with Gasteiger partial charge in [-0.15, -0.1) is 5.10 Å². The Kier molecular flexibility index (Phi) is 6.62. The third-order valence-corrected chi connectivity index (χ3v) is 9.23. The molecular weight excluding hydrogens is 651 g/mol. The lowest BCUT2D eigenvalue weighted by Crippen LogP contribution is -2.44. The Morgan fingerprint density at radius 1 is 1.31 bits per heavy atom. The Morgan fingerprint density at radius 3 is 2.84 bits per heavy atom. The topological polar surface area (TPSA) is 84.3 Å². The summed E-state index contributed by atoms with van der Waals surface area (Å²) in [6.45, 7) is 4.30. The number of anilines is 1. The fraction of sp³-hybridized carbons (Fsp3) is 0.524. The molecule has 1 saturated carbocycles. The zero-order valence-corrected chi connectivity index (χ0v) is 23.1. The molecule has 0 aromatic carbocycles. The number of rotatable bonds is 4. The summed E-state index contributed by atoms with van der Waals surface area (Å²) in [7, 11) is 0. The van der Waals surface area contributed by atoms with E-state index in [9.17, 15) is 5.26 Å². The molecule has 0 N–H and O–H groups in total. The minimum atomic E-state index is -0.505. The number of hydrogen-bond donors (Lipinski definition) is 0. The molecule has 11 heteroatoms. The molecule has 5 rings (SSSR count). The highest BCUT2D eigenvalue weighted by molar-refractivity contribution is 14.2. The van der Waals surface area contributed by atoms with E-state index >= 15 is 0 Å². The van der Waals surface area contributed by atoms with E-state index in [4.69, 9.17) is 14.8 Å². The first kappa shape index (κ1) is 22.7. The van der Waals surface area contributed by atoms with Crippen molar-refractivity contribution in [1.29, 1.82) is 5.26 Å².